The van der Waals surface area contributed by atoms with E-state index in [1.54, 1.807) is 0 Å². The summed E-state index contributed by atoms with van der Waals surface area (Å²) in [5.74, 6) is -1.26. The van der Waals surface area contributed by atoms with Gasteiger partial charge in [0.1, 0.15) is 0 Å². The molecule has 0 fully saturated rings. The Kier molecular flexibility index (Phi) is 3.01. The monoisotopic (exact) mass is 211 g/mol. The van der Waals surface area contributed by atoms with E-state index in [-0.39, 0.29) is 22.4 Å². The molecule has 0 aliphatic rings. The Morgan fingerprint density at radius 3 is 2.53 bits per heavy atom. The Morgan fingerprint density at radius 2 is 2.13 bits per heavy atom. The van der Waals surface area contributed by atoms with Crippen molar-refractivity contribution in [2.75, 3.05) is 0 Å². The molecule has 0 heterocycles. The van der Waals surface area contributed by atoms with E-state index in [2.05, 4.69) is 0 Å². The lowest BCUT2D eigenvalue weighted by atomic mass is 10.0. The lowest BCUT2D eigenvalue weighted by Gasteiger charge is -2.04. The van der Waals surface area contributed by atoms with Crippen molar-refractivity contribution in [3.63, 3.8) is 0 Å². The third-order valence-corrected chi connectivity index (χ3v) is 2.10. The molecule has 0 radical (unpaired) electrons. The Morgan fingerprint density at radius 1 is 1.53 bits per heavy atom. The second-order valence-corrected chi connectivity index (χ2v) is 3.00. The fraction of sp³-hybridized carbons (Fsp3) is 0.222. The number of aromatic carboxylic acids is 1. The molecular formula is C9H9NO5. The Bertz CT molecular complexity index is 427. The molecule has 1 aromatic carbocycles. The van der Waals surface area contributed by atoms with Crippen LogP contribution in [0.5, 0.6) is 0 Å². The van der Waals surface area contributed by atoms with E-state index < -0.39 is 17.5 Å². The quantitative estimate of drug-likeness (QED) is 0.575. The Labute approximate surface area is 84.9 Å². The molecule has 0 unspecified atom stereocenters. The number of aliphatic hydroxyl groups excluding tert-OH is 1. The number of nitro benzene ring substituents is 1. The predicted octanol–water partition coefficient (Wildman–Crippen LogP) is 1.09. The molecule has 0 aliphatic carbocycles. The van der Waals surface area contributed by atoms with Gasteiger partial charge < -0.3 is 10.2 Å². The van der Waals surface area contributed by atoms with Crippen molar-refractivity contribution in [1.82, 2.24) is 0 Å². The highest BCUT2D eigenvalue weighted by molar-refractivity contribution is 5.89. The maximum absolute atomic E-state index is 10.7. The lowest BCUT2D eigenvalue weighted by Crippen LogP contribution is -2.03. The van der Waals surface area contributed by atoms with Crippen LogP contribution in [-0.4, -0.2) is 21.1 Å². The van der Waals surface area contributed by atoms with Crippen molar-refractivity contribution in [2.24, 2.45) is 0 Å². The van der Waals surface area contributed by atoms with Gasteiger partial charge in [-0.2, -0.15) is 0 Å². The van der Waals surface area contributed by atoms with E-state index in [0.29, 0.717) is 0 Å². The van der Waals surface area contributed by atoms with Gasteiger partial charge >= 0.3 is 5.97 Å². The Balaban J connectivity index is 3.45. The topological polar surface area (TPSA) is 101 Å². The number of hydrogen-bond acceptors (Lipinski definition) is 4. The van der Waals surface area contributed by atoms with Gasteiger partial charge in [-0.15, -0.1) is 0 Å². The molecule has 0 amide bonds. The van der Waals surface area contributed by atoms with Gasteiger partial charge in [0.2, 0.25) is 0 Å². The summed E-state index contributed by atoms with van der Waals surface area (Å²) in [6, 6.07) is 2.21. The van der Waals surface area contributed by atoms with Crippen LogP contribution in [-0.2, 0) is 6.61 Å². The first-order valence-electron chi connectivity index (χ1n) is 4.09. The molecule has 0 aliphatic heterocycles. The standard InChI is InChI=1S/C9H9NO5/c1-5-7(4-11)2-6(9(12)13)3-8(5)10(14)15/h2-3,11H,4H2,1H3,(H,12,13). The first kappa shape index (κ1) is 11.1. The maximum atomic E-state index is 10.7. The van der Waals surface area contributed by atoms with Crippen LogP contribution in [0.3, 0.4) is 0 Å². The number of carboxylic acid groups (broad SMARTS) is 1. The Hall–Kier alpha value is -1.95. The van der Waals surface area contributed by atoms with Crippen LogP contribution in [0.4, 0.5) is 5.69 Å². The molecule has 6 nitrogen and oxygen atoms in total. The molecule has 0 bridgehead atoms. The van der Waals surface area contributed by atoms with E-state index >= 15 is 0 Å². The van der Waals surface area contributed by atoms with Crippen LogP contribution >= 0.6 is 0 Å². The highest BCUT2D eigenvalue weighted by Gasteiger charge is 2.18. The van der Waals surface area contributed by atoms with E-state index in [0.717, 1.165) is 6.07 Å². The highest BCUT2D eigenvalue weighted by atomic mass is 16.6. The van der Waals surface area contributed by atoms with E-state index in [9.17, 15) is 14.9 Å². The molecule has 0 saturated heterocycles. The van der Waals surface area contributed by atoms with Gasteiger partial charge in [-0.1, -0.05) is 0 Å². The highest BCUT2D eigenvalue weighted by Crippen LogP contribution is 2.23. The van der Waals surface area contributed by atoms with Crippen LogP contribution in [0.15, 0.2) is 12.1 Å². The van der Waals surface area contributed by atoms with Gasteiger partial charge in [0.05, 0.1) is 17.1 Å². The minimum Gasteiger partial charge on any atom is -0.478 e. The van der Waals surface area contributed by atoms with Gasteiger partial charge in [-0.05, 0) is 18.6 Å². The van der Waals surface area contributed by atoms with Crippen molar-refractivity contribution in [3.05, 3.63) is 38.9 Å². The number of nitrogens with zero attached hydrogens (tertiary/aromatic N) is 1. The van der Waals surface area contributed by atoms with Gasteiger partial charge in [-0.3, -0.25) is 10.1 Å². The average molecular weight is 211 g/mol. The largest absolute Gasteiger partial charge is 0.478 e. The van der Waals surface area contributed by atoms with Gasteiger partial charge in [0.15, 0.2) is 0 Å². The molecule has 2 N–H and O–H groups in total. The summed E-state index contributed by atoms with van der Waals surface area (Å²) in [5, 5.41) is 28.2. The fourth-order valence-electron chi connectivity index (χ4n) is 1.24. The number of carboxylic acids is 1. The summed E-state index contributed by atoms with van der Waals surface area (Å²) >= 11 is 0. The van der Waals surface area contributed by atoms with Crippen LogP contribution in [0.2, 0.25) is 0 Å². The first-order valence-corrected chi connectivity index (χ1v) is 4.09. The van der Waals surface area contributed by atoms with Crippen molar-refractivity contribution >= 4 is 11.7 Å². The molecule has 0 saturated carbocycles. The molecule has 1 aromatic rings. The number of aliphatic hydroxyl groups is 1. The van der Waals surface area contributed by atoms with E-state index in [1.807, 2.05) is 0 Å². The molecular weight excluding hydrogens is 202 g/mol. The molecule has 0 atom stereocenters. The van der Waals surface area contributed by atoms with Crippen molar-refractivity contribution in [3.8, 4) is 0 Å². The summed E-state index contributed by atoms with van der Waals surface area (Å²) < 4.78 is 0. The summed E-state index contributed by atoms with van der Waals surface area (Å²) in [6.07, 6.45) is 0. The van der Waals surface area contributed by atoms with Gasteiger partial charge in [0, 0.05) is 11.6 Å². The zero-order chi connectivity index (χ0) is 11.6. The zero-order valence-corrected chi connectivity index (χ0v) is 7.93. The van der Waals surface area contributed by atoms with Crippen LogP contribution in [0.25, 0.3) is 0 Å². The van der Waals surface area contributed by atoms with E-state index in [4.69, 9.17) is 10.2 Å². The summed E-state index contributed by atoms with van der Waals surface area (Å²) in [4.78, 5) is 20.6. The van der Waals surface area contributed by atoms with Crippen molar-refractivity contribution < 1.29 is 19.9 Å². The third-order valence-electron chi connectivity index (χ3n) is 2.10. The average Bonchev–Trinajstić information content (AvgIpc) is 2.17. The maximum Gasteiger partial charge on any atom is 0.335 e. The minimum atomic E-state index is -1.26. The minimum absolute atomic E-state index is 0.198. The van der Waals surface area contributed by atoms with Crippen LogP contribution in [0.1, 0.15) is 21.5 Å². The number of nitro groups is 1. The third kappa shape index (κ3) is 2.10. The molecule has 0 aromatic heterocycles. The lowest BCUT2D eigenvalue weighted by molar-refractivity contribution is -0.385. The summed E-state index contributed by atoms with van der Waals surface area (Å²) in [5.41, 5.74) is 0.0457. The second-order valence-electron chi connectivity index (χ2n) is 3.00. The fourth-order valence-corrected chi connectivity index (χ4v) is 1.24. The molecule has 6 heteroatoms. The number of carbonyl (C=O) groups is 1. The first-order chi connectivity index (χ1) is 6.97. The van der Waals surface area contributed by atoms with Crippen molar-refractivity contribution in [1.29, 1.82) is 0 Å². The summed E-state index contributed by atoms with van der Waals surface area (Å²) in [6.45, 7) is 1.04. The number of benzene rings is 1. The molecule has 80 valence electrons. The summed E-state index contributed by atoms with van der Waals surface area (Å²) in [7, 11) is 0. The zero-order valence-electron chi connectivity index (χ0n) is 7.93. The molecule has 1 rings (SSSR count). The number of hydrogen-bond donors (Lipinski definition) is 2. The van der Waals surface area contributed by atoms with Crippen molar-refractivity contribution in [2.45, 2.75) is 13.5 Å². The van der Waals surface area contributed by atoms with E-state index in [1.165, 1.54) is 13.0 Å². The second kappa shape index (κ2) is 4.05. The van der Waals surface area contributed by atoms with Crippen LogP contribution < -0.4 is 0 Å². The normalized spacial score (nSPS) is 10.0. The van der Waals surface area contributed by atoms with Gasteiger partial charge in [-0.25, -0.2) is 4.79 Å². The number of rotatable bonds is 3. The smallest absolute Gasteiger partial charge is 0.335 e. The SMILES string of the molecule is Cc1c(CO)cc(C(=O)O)cc1[N+](=O)[O-]. The van der Waals surface area contributed by atoms with Gasteiger partial charge in [0.25, 0.3) is 5.69 Å². The predicted molar refractivity (Wildman–Crippen MR) is 50.7 cm³/mol. The molecule has 15 heavy (non-hydrogen) atoms. The molecule has 0 spiro atoms. The van der Waals surface area contributed by atoms with Crippen LogP contribution in [0, 0.1) is 17.0 Å².